The van der Waals surface area contributed by atoms with E-state index in [-0.39, 0.29) is 80.6 Å². The first-order chi connectivity index (χ1) is 23.5. The predicted molar refractivity (Wildman–Crippen MR) is 190 cm³/mol. The summed E-state index contributed by atoms with van der Waals surface area (Å²) in [5.41, 5.74) is 4.66. The Morgan fingerprint density at radius 2 is 1.82 bits per heavy atom. The fraction of sp³-hybridized carbons (Fsp3) is 0.676. The van der Waals surface area contributed by atoms with Gasteiger partial charge >= 0.3 is 5.97 Å². The number of carbonyl (C=O) groups is 3. The van der Waals surface area contributed by atoms with Crippen LogP contribution in [-0.4, -0.2) is 46.4 Å². The maximum atomic E-state index is 13.9. The number of hydrogen-bond donors (Lipinski definition) is 4. The smallest absolute Gasteiger partial charge is 0.302 e. The molecule has 3 fully saturated rings. The average Bonchev–Trinajstić information content (AvgIpc) is 3.36. The summed E-state index contributed by atoms with van der Waals surface area (Å²) >= 11 is 0. The molecule has 0 aromatic heterocycles. The van der Waals surface area contributed by atoms with Gasteiger partial charge in [0.25, 0.3) is 0 Å². The molecule has 0 aliphatic heterocycles. The van der Waals surface area contributed by atoms with E-state index in [0.29, 0.717) is 37.6 Å². The Labute approximate surface area is 294 Å². The minimum atomic E-state index is -0.616. The van der Waals surface area contributed by atoms with Crippen molar-refractivity contribution in [2.24, 2.45) is 51.4 Å². The first-order valence-electron chi connectivity index (χ1n) is 18.0. The Morgan fingerprint density at radius 1 is 1.08 bits per heavy atom. The standard InChI is InChI=1S/C37H53N5O8/c1-21(20-38-23(3)43)7-12-34(45)22(2)35-32(40-39-31-11-9-26(41(46)47)18-33(31)42(48)49)19-30-28-10-8-25-17-27(50-24(4)44)13-15-36(25,5)29(28)14-16-37(30,35)6/h8-9,11,18,21-22,27-30,35,39,48-49H,7,10,12-17,19-20H2,1-6H3,(H,38,43)/q-2. The summed E-state index contributed by atoms with van der Waals surface area (Å²) in [6.07, 6.45) is 9.45. The third kappa shape index (κ3) is 7.56. The van der Waals surface area contributed by atoms with E-state index in [1.54, 1.807) is 0 Å². The van der Waals surface area contributed by atoms with Crippen LogP contribution in [0.4, 0.5) is 17.1 Å². The van der Waals surface area contributed by atoms with Gasteiger partial charge in [0.05, 0.1) is 5.69 Å². The normalized spacial score (nSPS) is 32.1. The lowest BCUT2D eigenvalue weighted by Crippen LogP contribution is -2.51. The van der Waals surface area contributed by atoms with E-state index >= 15 is 0 Å². The number of hydrazone groups is 1. The number of nitrogens with one attached hydrogen (secondary N) is 2. The molecule has 9 atom stereocenters. The molecule has 5 rings (SSSR count). The summed E-state index contributed by atoms with van der Waals surface area (Å²) in [5.74, 6) is 0.544. The monoisotopic (exact) mass is 695 g/mol. The summed E-state index contributed by atoms with van der Waals surface area (Å²) in [5, 5.41) is 49.4. The van der Waals surface area contributed by atoms with Crippen LogP contribution in [0.2, 0.25) is 0 Å². The molecule has 4 N–H and O–H groups in total. The summed E-state index contributed by atoms with van der Waals surface area (Å²) in [4.78, 5) is 37.1. The molecular formula is C37H53N5O8-2. The number of nitrogens with zero attached hydrogens (tertiary/aromatic N) is 3. The van der Waals surface area contributed by atoms with E-state index in [4.69, 9.17) is 9.84 Å². The van der Waals surface area contributed by atoms with E-state index in [0.717, 1.165) is 50.3 Å². The number of carbonyl (C=O) groups excluding carboxylic acids is 3. The van der Waals surface area contributed by atoms with E-state index < -0.39 is 5.23 Å². The number of rotatable bonds is 12. The van der Waals surface area contributed by atoms with Gasteiger partial charge in [-0.25, -0.2) is 0 Å². The van der Waals surface area contributed by atoms with Gasteiger partial charge in [0.2, 0.25) is 5.91 Å². The molecule has 50 heavy (non-hydrogen) atoms. The Morgan fingerprint density at radius 3 is 2.48 bits per heavy atom. The fourth-order valence-corrected chi connectivity index (χ4v) is 10.0. The second kappa shape index (κ2) is 15.0. The van der Waals surface area contributed by atoms with Gasteiger partial charge in [-0.05, 0) is 97.6 Å². The van der Waals surface area contributed by atoms with Crippen molar-refractivity contribution in [1.82, 2.24) is 5.32 Å². The number of benzene rings is 1. The summed E-state index contributed by atoms with van der Waals surface area (Å²) in [6, 6.07) is 3.71. The highest BCUT2D eigenvalue weighted by Crippen LogP contribution is 2.66. The lowest BCUT2D eigenvalue weighted by Gasteiger charge is -2.58. The number of allylic oxidation sites excluding steroid dienone is 1. The van der Waals surface area contributed by atoms with Gasteiger partial charge in [-0.1, -0.05) is 39.3 Å². The molecule has 13 heteroatoms. The van der Waals surface area contributed by atoms with Crippen molar-refractivity contribution in [2.75, 3.05) is 22.4 Å². The number of fused-ring (bicyclic) bond motifs is 5. The van der Waals surface area contributed by atoms with Gasteiger partial charge in [-0.2, -0.15) is 5.10 Å². The zero-order valence-corrected chi connectivity index (χ0v) is 30.1. The lowest BCUT2D eigenvalue weighted by molar-refractivity contribution is -0.148. The average molecular weight is 696 g/mol. The SMILES string of the molecule is CC(=O)NCC(C)CCC(=O)C(C)C1C(=NNc2ccc(N([O-])[O-])cc2N(O)O)CC2C3CC=C4CC(OC(C)=O)CCC4(C)C3CCC21C. The summed E-state index contributed by atoms with van der Waals surface area (Å²) in [6.45, 7) is 12.2. The van der Waals surface area contributed by atoms with E-state index in [2.05, 4.69) is 30.7 Å². The van der Waals surface area contributed by atoms with Gasteiger partial charge in [0.15, 0.2) is 0 Å². The molecule has 1 aromatic rings. The third-order valence-electron chi connectivity index (χ3n) is 12.6. The second-order valence-electron chi connectivity index (χ2n) is 15.8. The van der Waals surface area contributed by atoms with Crippen molar-refractivity contribution in [1.29, 1.82) is 0 Å². The molecule has 9 unspecified atom stereocenters. The summed E-state index contributed by atoms with van der Waals surface area (Å²) < 4.78 is 5.63. The van der Waals surface area contributed by atoms with Crippen LogP contribution in [0.1, 0.15) is 99.3 Å². The van der Waals surface area contributed by atoms with E-state index in [1.807, 2.05) is 13.8 Å². The highest BCUT2D eigenvalue weighted by molar-refractivity contribution is 5.96. The lowest BCUT2D eigenvalue weighted by atomic mass is 9.47. The van der Waals surface area contributed by atoms with Crippen molar-refractivity contribution < 1.29 is 29.5 Å². The molecule has 276 valence electrons. The number of ketones is 1. The summed E-state index contributed by atoms with van der Waals surface area (Å²) in [7, 11) is 0. The number of hydrogen-bond acceptors (Lipinski definition) is 12. The minimum Gasteiger partial charge on any atom is -0.769 e. The van der Waals surface area contributed by atoms with Crippen molar-refractivity contribution in [3.63, 3.8) is 0 Å². The molecule has 1 aromatic carbocycles. The Kier molecular flexibility index (Phi) is 11.3. The quantitative estimate of drug-likeness (QED) is 0.103. The van der Waals surface area contributed by atoms with Crippen LogP contribution in [-0.2, 0) is 19.1 Å². The van der Waals surface area contributed by atoms with Crippen LogP contribution in [0, 0.1) is 56.8 Å². The molecule has 0 heterocycles. The van der Waals surface area contributed by atoms with E-state index in [9.17, 15) is 35.2 Å². The van der Waals surface area contributed by atoms with Gasteiger partial charge < -0.3 is 25.7 Å². The molecule has 4 aliphatic rings. The number of esters is 1. The van der Waals surface area contributed by atoms with Crippen molar-refractivity contribution in [3.05, 3.63) is 40.3 Å². The Hall–Kier alpha value is -3.52. The van der Waals surface area contributed by atoms with Crippen LogP contribution < -0.4 is 21.2 Å². The van der Waals surface area contributed by atoms with Crippen molar-refractivity contribution >= 4 is 40.4 Å². The van der Waals surface area contributed by atoms with Crippen LogP contribution in [0.15, 0.2) is 34.9 Å². The predicted octanol–water partition coefficient (Wildman–Crippen LogP) is 6.72. The maximum Gasteiger partial charge on any atom is 0.302 e. The largest absolute Gasteiger partial charge is 0.769 e. The van der Waals surface area contributed by atoms with Gasteiger partial charge in [-0.15, -0.1) is 5.23 Å². The Balaban J connectivity index is 1.45. The molecule has 1 amide bonds. The highest BCUT2D eigenvalue weighted by atomic mass is 16.8. The molecule has 13 nitrogen and oxygen atoms in total. The zero-order chi connectivity index (χ0) is 36.5. The Bertz CT molecular complexity index is 1510. The highest BCUT2D eigenvalue weighted by Gasteiger charge is 2.61. The number of amides is 1. The topological polar surface area (TPSA) is 190 Å². The van der Waals surface area contributed by atoms with E-state index in [1.165, 1.54) is 31.6 Å². The van der Waals surface area contributed by atoms with Crippen molar-refractivity contribution in [2.45, 2.75) is 105 Å². The van der Waals surface area contributed by atoms with Gasteiger partial charge in [0.1, 0.15) is 17.6 Å². The molecule has 0 spiro atoms. The molecular weight excluding hydrogens is 642 g/mol. The van der Waals surface area contributed by atoms with Gasteiger partial charge in [0, 0.05) is 56.5 Å². The van der Waals surface area contributed by atoms with Crippen molar-refractivity contribution in [3.8, 4) is 0 Å². The fourth-order valence-electron chi connectivity index (χ4n) is 10.0. The zero-order valence-electron chi connectivity index (χ0n) is 30.1. The number of Topliss-reactive ketones (excluding diaryl/α,β-unsaturated/α-hetero) is 1. The van der Waals surface area contributed by atoms with Crippen LogP contribution in [0.25, 0.3) is 0 Å². The third-order valence-corrected chi connectivity index (χ3v) is 12.6. The van der Waals surface area contributed by atoms with Gasteiger partial charge in [-0.3, -0.25) is 30.2 Å². The van der Waals surface area contributed by atoms with Crippen LogP contribution in [0.3, 0.4) is 0 Å². The number of ether oxygens (including phenoxy) is 1. The minimum absolute atomic E-state index is 0.0133. The first-order valence-corrected chi connectivity index (χ1v) is 18.0. The van der Waals surface area contributed by atoms with Crippen LogP contribution >= 0.6 is 0 Å². The second-order valence-corrected chi connectivity index (χ2v) is 15.8. The van der Waals surface area contributed by atoms with Crippen LogP contribution in [0.5, 0.6) is 0 Å². The first kappa shape index (κ1) is 37.7. The molecule has 0 saturated heterocycles. The molecule has 3 saturated carbocycles. The number of anilines is 3. The molecule has 4 aliphatic carbocycles. The molecule has 0 radical (unpaired) electrons. The molecule has 0 bridgehead atoms. The maximum absolute atomic E-state index is 13.9.